The Morgan fingerprint density at radius 2 is 2.00 bits per heavy atom. The summed E-state index contributed by atoms with van der Waals surface area (Å²) in [5.74, 6) is -1.08. The molecule has 1 saturated heterocycles. The molecule has 0 spiro atoms. The fourth-order valence-electron chi connectivity index (χ4n) is 3.26. The minimum absolute atomic E-state index is 0.0348. The molecule has 2 aromatic rings. The summed E-state index contributed by atoms with van der Waals surface area (Å²) in [6, 6.07) is 9.27. The second-order valence-corrected chi connectivity index (χ2v) is 6.22. The second-order valence-electron chi connectivity index (χ2n) is 6.22. The molecule has 0 saturated carbocycles. The Labute approximate surface area is 145 Å². The van der Waals surface area contributed by atoms with Crippen LogP contribution in [0.2, 0.25) is 0 Å². The first-order chi connectivity index (χ1) is 12.1. The van der Waals surface area contributed by atoms with Gasteiger partial charge in [0.15, 0.2) is 5.76 Å². The van der Waals surface area contributed by atoms with Gasteiger partial charge < -0.3 is 14.4 Å². The van der Waals surface area contributed by atoms with E-state index in [1.165, 1.54) is 6.07 Å². The van der Waals surface area contributed by atoms with Crippen LogP contribution in [-0.2, 0) is 4.79 Å². The van der Waals surface area contributed by atoms with Gasteiger partial charge in [0.25, 0.3) is 5.91 Å². The third kappa shape index (κ3) is 3.90. The Morgan fingerprint density at radius 1 is 1.20 bits per heavy atom. The molecular weight excluding hydrogens is 325 g/mol. The van der Waals surface area contributed by atoms with E-state index in [0.29, 0.717) is 24.3 Å². The zero-order chi connectivity index (χ0) is 17.8. The van der Waals surface area contributed by atoms with Crippen LogP contribution >= 0.6 is 0 Å². The van der Waals surface area contributed by atoms with E-state index in [0.717, 1.165) is 19.3 Å². The van der Waals surface area contributed by atoms with Gasteiger partial charge in [0.05, 0.1) is 5.56 Å². The first kappa shape index (κ1) is 17.2. The number of nitrogens with zero attached hydrogens (tertiary/aromatic N) is 1. The number of halogens is 1. The predicted molar refractivity (Wildman–Crippen MR) is 89.6 cm³/mol. The average molecular weight is 345 g/mol. The van der Waals surface area contributed by atoms with E-state index in [9.17, 15) is 14.0 Å². The number of piperidine rings is 1. The van der Waals surface area contributed by atoms with Gasteiger partial charge in [-0.2, -0.15) is 0 Å². The van der Waals surface area contributed by atoms with Crippen LogP contribution in [-0.4, -0.2) is 34.5 Å². The summed E-state index contributed by atoms with van der Waals surface area (Å²) in [6.45, 7) is 0.582. The number of hydrogen-bond acceptors (Lipinski definition) is 3. The highest BCUT2D eigenvalue weighted by molar-refractivity contribution is 5.92. The molecule has 1 aromatic heterocycles. The highest BCUT2D eigenvalue weighted by Gasteiger charge is 2.29. The molecule has 1 amide bonds. The van der Waals surface area contributed by atoms with Crippen LogP contribution in [0, 0.1) is 5.82 Å². The quantitative estimate of drug-likeness (QED) is 0.891. The van der Waals surface area contributed by atoms with Crippen LogP contribution in [0.15, 0.2) is 40.8 Å². The molecule has 6 heteroatoms. The third-order valence-electron chi connectivity index (χ3n) is 4.54. The largest absolute Gasteiger partial charge is 0.481 e. The van der Waals surface area contributed by atoms with E-state index in [2.05, 4.69) is 0 Å². The molecule has 5 nitrogen and oxygen atoms in total. The van der Waals surface area contributed by atoms with Gasteiger partial charge in [0.2, 0.25) is 0 Å². The zero-order valence-corrected chi connectivity index (χ0v) is 13.8. The number of hydrogen-bond donors (Lipinski definition) is 1. The molecule has 1 aliphatic rings. The van der Waals surface area contributed by atoms with Crippen molar-refractivity contribution in [3.63, 3.8) is 0 Å². The van der Waals surface area contributed by atoms with E-state index in [1.54, 1.807) is 35.2 Å². The van der Waals surface area contributed by atoms with Crippen molar-refractivity contribution in [3.05, 3.63) is 48.0 Å². The van der Waals surface area contributed by atoms with Gasteiger partial charge in [-0.15, -0.1) is 0 Å². The maximum absolute atomic E-state index is 13.9. The number of likely N-dealkylation sites (tertiary alicyclic amines) is 1. The van der Waals surface area contributed by atoms with Gasteiger partial charge in [-0.05, 0) is 49.9 Å². The fourth-order valence-corrected chi connectivity index (χ4v) is 3.26. The number of furan rings is 1. The van der Waals surface area contributed by atoms with Crippen molar-refractivity contribution in [3.8, 4) is 11.3 Å². The fraction of sp³-hybridized carbons (Fsp3) is 0.368. The Bertz CT molecular complexity index is 770. The smallest absolute Gasteiger partial charge is 0.303 e. The van der Waals surface area contributed by atoms with Crippen molar-refractivity contribution in [2.75, 3.05) is 6.54 Å². The lowest BCUT2D eigenvalue weighted by Crippen LogP contribution is -2.43. The van der Waals surface area contributed by atoms with Crippen LogP contribution in [0.5, 0.6) is 0 Å². The Morgan fingerprint density at radius 3 is 2.76 bits per heavy atom. The van der Waals surface area contributed by atoms with E-state index in [1.807, 2.05) is 0 Å². The van der Waals surface area contributed by atoms with Crippen molar-refractivity contribution < 1.29 is 23.5 Å². The van der Waals surface area contributed by atoms with E-state index in [4.69, 9.17) is 9.52 Å². The summed E-state index contributed by atoms with van der Waals surface area (Å²) in [5.41, 5.74) is 0.308. The Kier molecular flexibility index (Phi) is 5.16. The third-order valence-corrected chi connectivity index (χ3v) is 4.54. The molecule has 0 bridgehead atoms. The van der Waals surface area contributed by atoms with Gasteiger partial charge >= 0.3 is 5.97 Å². The Balaban J connectivity index is 1.78. The molecule has 132 valence electrons. The zero-order valence-electron chi connectivity index (χ0n) is 13.8. The van der Waals surface area contributed by atoms with Gasteiger partial charge in [-0.1, -0.05) is 12.1 Å². The maximum Gasteiger partial charge on any atom is 0.303 e. The maximum atomic E-state index is 13.9. The minimum atomic E-state index is -0.863. The summed E-state index contributed by atoms with van der Waals surface area (Å²) in [4.78, 5) is 25.3. The normalized spacial score (nSPS) is 17.5. The molecule has 1 aromatic carbocycles. The van der Waals surface area contributed by atoms with Crippen LogP contribution in [0.3, 0.4) is 0 Å². The van der Waals surface area contributed by atoms with Gasteiger partial charge in [0, 0.05) is 19.0 Å². The predicted octanol–water partition coefficient (Wildman–Crippen LogP) is 3.95. The number of carbonyl (C=O) groups is 2. The molecule has 25 heavy (non-hydrogen) atoms. The lowest BCUT2D eigenvalue weighted by Gasteiger charge is -2.35. The monoisotopic (exact) mass is 345 g/mol. The summed E-state index contributed by atoms with van der Waals surface area (Å²) >= 11 is 0. The number of carboxylic acids is 1. The molecular formula is C19H20FNO4. The van der Waals surface area contributed by atoms with Crippen LogP contribution in [0.25, 0.3) is 11.3 Å². The average Bonchev–Trinajstić information content (AvgIpc) is 3.10. The standard InChI is InChI=1S/C19H20FNO4/c20-15-7-2-1-6-14(15)16-9-10-17(25-16)19(24)21-12-4-3-5-13(21)8-11-18(22)23/h1-2,6-7,9-10,13H,3-5,8,11-12H2,(H,22,23). The van der Waals surface area contributed by atoms with E-state index >= 15 is 0 Å². The molecule has 1 atom stereocenters. The van der Waals surface area contributed by atoms with E-state index in [-0.39, 0.29) is 24.1 Å². The summed E-state index contributed by atoms with van der Waals surface area (Å²) in [7, 11) is 0. The summed E-state index contributed by atoms with van der Waals surface area (Å²) in [6.07, 6.45) is 3.12. The topological polar surface area (TPSA) is 70.8 Å². The number of benzene rings is 1. The van der Waals surface area contributed by atoms with Crippen molar-refractivity contribution in [2.45, 2.75) is 38.1 Å². The molecule has 1 fully saturated rings. The van der Waals surface area contributed by atoms with Crippen molar-refractivity contribution in [2.24, 2.45) is 0 Å². The molecule has 1 unspecified atom stereocenters. The van der Waals surface area contributed by atoms with Gasteiger partial charge in [-0.3, -0.25) is 9.59 Å². The van der Waals surface area contributed by atoms with Crippen LogP contribution in [0.1, 0.15) is 42.7 Å². The number of carboxylic acid groups (broad SMARTS) is 1. The molecule has 1 N–H and O–H groups in total. The van der Waals surface area contributed by atoms with Crippen LogP contribution < -0.4 is 0 Å². The SMILES string of the molecule is O=C(O)CCC1CCCCN1C(=O)c1ccc(-c2ccccc2F)o1. The molecule has 0 radical (unpaired) electrons. The number of carbonyl (C=O) groups excluding carboxylic acids is 1. The Hall–Kier alpha value is -2.63. The highest BCUT2D eigenvalue weighted by atomic mass is 19.1. The second kappa shape index (κ2) is 7.51. The van der Waals surface area contributed by atoms with Gasteiger partial charge in [-0.25, -0.2) is 4.39 Å². The number of aliphatic carboxylic acids is 1. The van der Waals surface area contributed by atoms with Gasteiger partial charge in [0.1, 0.15) is 11.6 Å². The van der Waals surface area contributed by atoms with E-state index < -0.39 is 11.8 Å². The molecule has 2 heterocycles. The molecule has 3 rings (SSSR count). The summed E-state index contributed by atoms with van der Waals surface area (Å²) in [5, 5.41) is 8.88. The summed E-state index contributed by atoms with van der Waals surface area (Å²) < 4.78 is 19.5. The van der Waals surface area contributed by atoms with Crippen molar-refractivity contribution in [1.82, 2.24) is 4.90 Å². The lowest BCUT2D eigenvalue weighted by atomic mass is 9.97. The van der Waals surface area contributed by atoms with Crippen LogP contribution in [0.4, 0.5) is 4.39 Å². The number of rotatable bonds is 5. The first-order valence-electron chi connectivity index (χ1n) is 8.44. The molecule has 0 aliphatic carbocycles. The minimum Gasteiger partial charge on any atom is -0.481 e. The van der Waals surface area contributed by atoms with Crippen molar-refractivity contribution in [1.29, 1.82) is 0 Å². The lowest BCUT2D eigenvalue weighted by molar-refractivity contribution is -0.137. The van der Waals surface area contributed by atoms with Crippen molar-refractivity contribution >= 4 is 11.9 Å². The first-order valence-corrected chi connectivity index (χ1v) is 8.44. The number of amides is 1. The molecule has 1 aliphatic heterocycles. The highest BCUT2D eigenvalue weighted by Crippen LogP contribution is 2.28.